The Balaban J connectivity index is 3.32. The molecule has 0 aliphatic carbocycles. The molecule has 56 valence electrons. The number of hydrogen-bond acceptors (Lipinski definition) is 4. The molecule has 1 rings (SSSR count). The van der Waals surface area contributed by atoms with Crippen molar-refractivity contribution in [2.24, 2.45) is 0 Å². The molecule has 0 aromatic carbocycles. The Bertz CT molecular complexity index is 323. The average molecular weight is 180 g/mol. The van der Waals surface area contributed by atoms with E-state index >= 15 is 0 Å². The fourth-order valence-electron chi connectivity index (χ4n) is 0.472. The van der Waals surface area contributed by atoms with Crippen LogP contribution in [0.15, 0.2) is 26.7 Å². The molecule has 0 aliphatic rings. The Morgan fingerprint density at radius 2 is 2.10 bits per heavy atom. The molecule has 0 bridgehead atoms. The topological polar surface area (TPSA) is 67.5 Å². The zero-order valence-corrected chi connectivity index (χ0v) is 6.39. The fourth-order valence-corrected chi connectivity index (χ4v) is 1.42. The molecule has 1 aromatic heterocycles. The molecule has 0 spiro atoms. The zero-order chi connectivity index (χ0) is 7.78. The van der Waals surface area contributed by atoms with Crippen molar-refractivity contribution < 1.29 is 17.4 Å². The summed E-state index contributed by atoms with van der Waals surface area (Å²) < 4.78 is 33.6. The van der Waals surface area contributed by atoms with Gasteiger partial charge in [0.1, 0.15) is 17.4 Å². The van der Waals surface area contributed by atoms with Crippen LogP contribution in [0.2, 0.25) is 0 Å². The van der Waals surface area contributed by atoms with Crippen LogP contribution in [0.3, 0.4) is 0 Å². The zero-order valence-electron chi connectivity index (χ0n) is 4.68. The summed E-state index contributed by atoms with van der Waals surface area (Å²) in [5.74, 6) is 0. The van der Waals surface area contributed by atoms with E-state index in [0.717, 1.165) is 12.5 Å². The highest BCUT2D eigenvalue weighted by Gasteiger charge is 2.14. The van der Waals surface area contributed by atoms with Gasteiger partial charge in [-0.15, -0.1) is 12.6 Å². The van der Waals surface area contributed by atoms with Gasteiger partial charge in [-0.05, 0) is 0 Å². The first kappa shape index (κ1) is 7.64. The van der Waals surface area contributed by atoms with Crippen molar-refractivity contribution in [2.75, 3.05) is 0 Å². The van der Waals surface area contributed by atoms with E-state index in [1.165, 1.54) is 0 Å². The molecule has 4 nitrogen and oxygen atoms in total. The van der Waals surface area contributed by atoms with Gasteiger partial charge in [-0.3, -0.25) is 4.55 Å². The first-order valence-corrected chi connectivity index (χ1v) is 4.13. The summed E-state index contributed by atoms with van der Waals surface area (Å²) in [5, 5.41) is 0. The molecule has 0 atom stereocenters. The second-order valence-electron chi connectivity index (χ2n) is 1.60. The molecule has 0 fully saturated rings. The number of rotatable bonds is 1. The second kappa shape index (κ2) is 2.30. The monoisotopic (exact) mass is 180 g/mol. The van der Waals surface area contributed by atoms with E-state index in [0.29, 0.717) is 0 Å². The maximum Gasteiger partial charge on any atom is 0.298 e. The lowest BCUT2D eigenvalue weighted by molar-refractivity contribution is 0.479. The van der Waals surface area contributed by atoms with Crippen LogP contribution in [-0.4, -0.2) is 13.0 Å². The summed E-state index contributed by atoms with van der Waals surface area (Å²) in [6, 6.07) is 0. The van der Waals surface area contributed by atoms with E-state index in [-0.39, 0.29) is 9.79 Å². The highest BCUT2D eigenvalue weighted by atomic mass is 32.2. The van der Waals surface area contributed by atoms with E-state index in [9.17, 15) is 8.42 Å². The fraction of sp³-hybridized carbons (Fsp3) is 0. The molecular formula is C4H4O4S2. The molecule has 1 aromatic rings. The lowest BCUT2D eigenvalue weighted by Crippen LogP contribution is -1.95. The largest absolute Gasteiger partial charge is 0.470 e. The lowest BCUT2D eigenvalue weighted by atomic mass is 10.7. The predicted molar refractivity (Wildman–Crippen MR) is 35.8 cm³/mol. The van der Waals surface area contributed by atoms with Crippen LogP contribution in [-0.2, 0) is 10.1 Å². The summed E-state index contributed by atoms with van der Waals surface area (Å²) in [6.07, 6.45) is 2.03. The van der Waals surface area contributed by atoms with Gasteiger partial charge in [-0.25, -0.2) is 0 Å². The van der Waals surface area contributed by atoms with Crippen LogP contribution in [0.1, 0.15) is 0 Å². The van der Waals surface area contributed by atoms with Gasteiger partial charge in [0.15, 0.2) is 0 Å². The first-order chi connectivity index (χ1) is 4.52. The molecule has 1 heterocycles. The van der Waals surface area contributed by atoms with Crippen LogP contribution in [0.4, 0.5) is 0 Å². The minimum Gasteiger partial charge on any atom is -0.470 e. The molecule has 0 amide bonds. The Hall–Kier alpha value is -0.460. The minimum absolute atomic E-state index is 0.0995. The van der Waals surface area contributed by atoms with Gasteiger partial charge in [0.2, 0.25) is 0 Å². The van der Waals surface area contributed by atoms with Crippen LogP contribution < -0.4 is 0 Å². The summed E-state index contributed by atoms with van der Waals surface area (Å²) >= 11 is 3.71. The van der Waals surface area contributed by atoms with Crippen LogP contribution >= 0.6 is 12.6 Å². The maximum atomic E-state index is 10.4. The molecule has 0 unspecified atom stereocenters. The summed E-state index contributed by atoms with van der Waals surface area (Å²) in [5.41, 5.74) is 0. The van der Waals surface area contributed by atoms with E-state index in [1.54, 1.807) is 0 Å². The van der Waals surface area contributed by atoms with E-state index in [2.05, 4.69) is 17.0 Å². The predicted octanol–water partition coefficient (Wildman–Crippen LogP) is 0.815. The summed E-state index contributed by atoms with van der Waals surface area (Å²) in [6.45, 7) is 0. The summed E-state index contributed by atoms with van der Waals surface area (Å²) in [4.78, 5) is -0.210. The smallest absolute Gasteiger partial charge is 0.298 e. The van der Waals surface area contributed by atoms with Gasteiger partial charge in [0.25, 0.3) is 10.1 Å². The third kappa shape index (κ3) is 1.34. The average Bonchev–Trinajstić information content (AvgIpc) is 2.11. The van der Waals surface area contributed by atoms with Gasteiger partial charge in [0, 0.05) is 0 Å². The quantitative estimate of drug-likeness (QED) is 0.496. The van der Waals surface area contributed by atoms with Gasteiger partial charge in [0.05, 0.1) is 4.90 Å². The van der Waals surface area contributed by atoms with Crippen molar-refractivity contribution in [1.29, 1.82) is 0 Å². The molecule has 6 heteroatoms. The van der Waals surface area contributed by atoms with Crippen LogP contribution in [0.5, 0.6) is 0 Å². The van der Waals surface area contributed by atoms with Gasteiger partial charge >= 0.3 is 0 Å². The second-order valence-corrected chi connectivity index (χ2v) is 3.47. The highest BCUT2D eigenvalue weighted by molar-refractivity contribution is 7.87. The van der Waals surface area contributed by atoms with Crippen LogP contribution in [0, 0.1) is 0 Å². The third-order valence-electron chi connectivity index (χ3n) is 0.885. The number of hydrogen-bond donors (Lipinski definition) is 2. The SMILES string of the molecule is O=S(=O)(O)c1cocc1S. The molecule has 0 saturated heterocycles. The van der Waals surface area contributed by atoms with E-state index in [4.69, 9.17) is 4.55 Å². The van der Waals surface area contributed by atoms with Crippen molar-refractivity contribution in [3.63, 3.8) is 0 Å². The van der Waals surface area contributed by atoms with Gasteiger partial charge < -0.3 is 4.42 Å². The Labute approximate surface area is 63.0 Å². The first-order valence-electron chi connectivity index (χ1n) is 2.24. The maximum absolute atomic E-state index is 10.4. The van der Waals surface area contributed by atoms with E-state index in [1.807, 2.05) is 0 Å². The van der Waals surface area contributed by atoms with Gasteiger partial charge in [-0.1, -0.05) is 0 Å². The molecular weight excluding hydrogens is 176 g/mol. The normalized spacial score (nSPS) is 11.8. The molecule has 1 N–H and O–H groups in total. The van der Waals surface area contributed by atoms with Crippen molar-refractivity contribution >= 4 is 22.7 Å². The molecule has 0 radical (unpaired) electrons. The standard InChI is InChI=1S/C4H4O4S2/c5-10(6,7)4-2-8-1-3(4)9/h1-2,9H,(H,5,6,7). The van der Waals surface area contributed by atoms with Crippen molar-refractivity contribution in [1.82, 2.24) is 0 Å². The van der Waals surface area contributed by atoms with Crippen molar-refractivity contribution in [2.45, 2.75) is 9.79 Å². The van der Waals surface area contributed by atoms with Crippen molar-refractivity contribution in [3.05, 3.63) is 12.5 Å². The van der Waals surface area contributed by atoms with Gasteiger partial charge in [-0.2, -0.15) is 8.42 Å². The van der Waals surface area contributed by atoms with Crippen molar-refractivity contribution in [3.8, 4) is 0 Å². The minimum atomic E-state index is -4.16. The third-order valence-corrected chi connectivity index (χ3v) is 2.25. The Morgan fingerprint density at radius 3 is 2.30 bits per heavy atom. The lowest BCUT2D eigenvalue weighted by Gasteiger charge is -1.88. The highest BCUT2D eigenvalue weighted by Crippen LogP contribution is 2.19. The number of furan rings is 1. The van der Waals surface area contributed by atoms with E-state index < -0.39 is 10.1 Å². The van der Waals surface area contributed by atoms with Crippen LogP contribution in [0.25, 0.3) is 0 Å². The summed E-state index contributed by atoms with van der Waals surface area (Å²) in [7, 11) is -4.16. The molecule has 0 saturated carbocycles. The number of thiol groups is 1. The molecule has 0 aliphatic heterocycles. The molecule has 10 heavy (non-hydrogen) atoms. The Kier molecular flexibility index (Phi) is 1.76. The Morgan fingerprint density at radius 1 is 1.50 bits per heavy atom.